The van der Waals surface area contributed by atoms with Crippen molar-refractivity contribution in [1.29, 1.82) is 0 Å². The number of carboxylic acid groups (broad SMARTS) is 2. The monoisotopic (exact) mass is 440 g/mol. The SMILES string of the molecule is CCN(CC)c1ccc(NC(=O)c2cccc(C)c2)cc1C(=O)O.O=C(O)C(F)(F)F. The lowest BCUT2D eigenvalue weighted by Crippen LogP contribution is -2.24. The number of anilines is 2. The summed E-state index contributed by atoms with van der Waals surface area (Å²) in [6.45, 7) is 7.29. The number of carbonyl (C=O) groups is 3. The molecule has 0 aliphatic heterocycles. The van der Waals surface area contributed by atoms with Crippen molar-refractivity contribution >= 4 is 29.2 Å². The average molecular weight is 440 g/mol. The van der Waals surface area contributed by atoms with Crippen molar-refractivity contribution in [2.24, 2.45) is 0 Å². The molecule has 0 saturated heterocycles. The molecule has 0 aliphatic carbocycles. The number of nitrogens with zero attached hydrogens (tertiary/aromatic N) is 1. The van der Waals surface area contributed by atoms with Crippen LogP contribution in [0.2, 0.25) is 0 Å². The summed E-state index contributed by atoms with van der Waals surface area (Å²) in [4.78, 5) is 34.7. The van der Waals surface area contributed by atoms with Gasteiger partial charge < -0.3 is 20.4 Å². The minimum atomic E-state index is -5.08. The number of carbonyl (C=O) groups excluding carboxylic acids is 1. The lowest BCUT2D eigenvalue weighted by Gasteiger charge is -2.23. The smallest absolute Gasteiger partial charge is 0.478 e. The molecule has 2 aromatic carbocycles. The Hall–Kier alpha value is -3.56. The van der Waals surface area contributed by atoms with E-state index in [9.17, 15) is 27.9 Å². The van der Waals surface area contributed by atoms with Gasteiger partial charge in [0.25, 0.3) is 5.91 Å². The van der Waals surface area contributed by atoms with E-state index >= 15 is 0 Å². The van der Waals surface area contributed by atoms with Crippen LogP contribution in [-0.2, 0) is 4.79 Å². The summed E-state index contributed by atoms with van der Waals surface area (Å²) in [5.41, 5.74) is 2.84. The zero-order chi connectivity index (χ0) is 23.8. The first-order valence-corrected chi connectivity index (χ1v) is 9.21. The molecule has 31 heavy (non-hydrogen) atoms. The van der Waals surface area contributed by atoms with E-state index in [2.05, 4.69) is 5.32 Å². The quantitative estimate of drug-likeness (QED) is 0.614. The number of hydrogen-bond acceptors (Lipinski definition) is 4. The molecule has 2 aromatic rings. The predicted molar refractivity (Wildman–Crippen MR) is 110 cm³/mol. The summed E-state index contributed by atoms with van der Waals surface area (Å²) in [7, 11) is 0. The number of halogens is 3. The van der Waals surface area contributed by atoms with Crippen molar-refractivity contribution in [3.8, 4) is 0 Å². The third-order valence-corrected chi connectivity index (χ3v) is 4.11. The first-order valence-electron chi connectivity index (χ1n) is 9.21. The van der Waals surface area contributed by atoms with E-state index in [1.54, 1.807) is 24.3 Å². The third kappa shape index (κ3) is 7.65. The number of aliphatic carboxylic acids is 1. The first kappa shape index (κ1) is 25.5. The van der Waals surface area contributed by atoms with Gasteiger partial charge in [-0.2, -0.15) is 13.2 Å². The van der Waals surface area contributed by atoms with E-state index < -0.39 is 18.1 Å². The Kier molecular flexibility index (Phi) is 9.04. The summed E-state index contributed by atoms with van der Waals surface area (Å²) < 4.78 is 31.7. The van der Waals surface area contributed by atoms with Crippen LogP contribution in [0.15, 0.2) is 42.5 Å². The molecule has 0 saturated carbocycles. The van der Waals surface area contributed by atoms with Gasteiger partial charge >= 0.3 is 18.1 Å². The summed E-state index contributed by atoms with van der Waals surface area (Å²) >= 11 is 0. The Morgan fingerprint density at radius 1 is 1.00 bits per heavy atom. The molecule has 0 atom stereocenters. The van der Waals surface area contributed by atoms with Crippen LogP contribution in [-0.4, -0.2) is 47.3 Å². The van der Waals surface area contributed by atoms with Gasteiger partial charge in [0.1, 0.15) is 0 Å². The molecule has 3 N–H and O–H groups in total. The lowest BCUT2D eigenvalue weighted by molar-refractivity contribution is -0.192. The second-order valence-electron chi connectivity index (χ2n) is 6.34. The van der Waals surface area contributed by atoms with Crippen LogP contribution in [0.5, 0.6) is 0 Å². The molecule has 0 aliphatic rings. The Balaban J connectivity index is 0.000000592. The number of alkyl halides is 3. The summed E-state index contributed by atoms with van der Waals surface area (Å²) in [5, 5.41) is 19.4. The molecular formula is C21H23F3N2O5. The van der Waals surface area contributed by atoms with Crippen molar-refractivity contribution in [1.82, 2.24) is 0 Å². The largest absolute Gasteiger partial charge is 0.490 e. The van der Waals surface area contributed by atoms with Crippen LogP contribution in [0.25, 0.3) is 0 Å². The standard InChI is InChI=1S/C19H22N2O3.C2HF3O2/c1-4-21(5-2)17-10-9-15(12-16(17)19(23)24)20-18(22)14-8-6-7-13(3)11-14;3-2(4,5)1(6)7/h6-12H,4-5H2,1-3H3,(H,20,22)(H,23,24);(H,6,7). The molecule has 0 aromatic heterocycles. The third-order valence-electron chi connectivity index (χ3n) is 4.11. The van der Waals surface area contributed by atoms with Crippen LogP contribution in [0.3, 0.4) is 0 Å². The van der Waals surface area contributed by atoms with Crippen molar-refractivity contribution in [2.45, 2.75) is 26.9 Å². The van der Waals surface area contributed by atoms with Crippen molar-refractivity contribution in [2.75, 3.05) is 23.3 Å². The summed E-state index contributed by atoms with van der Waals surface area (Å²) in [6.07, 6.45) is -5.08. The van der Waals surface area contributed by atoms with E-state index in [0.717, 1.165) is 5.56 Å². The van der Waals surface area contributed by atoms with Crippen molar-refractivity contribution < 1.29 is 37.8 Å². The molecule has 0 spiro atoms. The minimum Gasteiger partial charge on any atom is -0.478 e. The molecule has 1 amide bonds. The fourth-order valence-corrected chi connectivity index (χ4v) is 2.61. The molecular weight excluding hydrogens is 417 g/mol. The second kappa shape index (κ2) is 11.0. The second-order valence-corrected chi connectivity index (χ2v) is 6.34. The number of carboxylic acids is 2. The maximum Gasteiger partial charge on any atom is 0.490 e. The molecule has 168 valence electrons. The number of aromatic carboxylic acids is 1. The number of benzene rings is 2. The highest BCUT2D eigenvalue weighted by Gasteiger charge is 2.38. The van der Waals surface area contributed by atoms with Crippen LogP contribution in [0.4, 0.5) is 24.5 Å². The van der Waals surface area contributed by atoms with Crippen LogP contribution in [0.1, 0.15) is 40.1 Å². The molecule has 0 radical (unpaired) electrons. The zero-order valence-electron chi connectivity index (χ0n) is 17.2. The van der Waals surface area contributed by atoms with Gasteiger partial charge in [0.05, 0.1) is 11.3 Å². The summed E-state index contributed by atoms with van der Waals surface area (Å²) in [6, 6.07) is 12.2. The molecule has 0 fully saturated rings. The number of rotatable bonds is 6. The van der Waals surface area contributed by atoms with E-state index in [0.29, 0.717) is 30.0 Å². The minimum absolute atomic E-state index is 0.181. The Bertz CT molecular complexity index is 941. The topological polar surface area (TPSA) is 107 Å². The fraction of sp³-hybridized carbons (Fsp3) is 0.286. The number of nitrogens with one attached hydrogen (secondary N) is 1. The molecule has 7 nitrogen and oxygen atoms in total. The number of amides is 1. The maximum atomic E-state index is 12.3. The maximum absolute atomic E-state index is 12.3. The van der Waals surface area contributed by atoms with Gasteiger partial charge in [-0.15, -0.1) is 0 Å². The highest BCUT2D eigenvalue weighted by atomic mass is 19.4. The predicted octanol–water partition coefficient (Wildman–Crippen LogP) is 4.43. The normalized spacial score (nSPS) is 10.5. The van der Waals surface area contributed by atoms with E-state index in [1.807, 2.05) is 37.8 Å². The average Bonchev–Trinajstić information content (AvgIpc) is 2.69. The van der Waals surface area contributed by atoms with Crippen molar-refractivity contribution in [3.05, 3.63) is 59.2 Å². The van der Waals surface area contributed by atoms with Crippen molar-refractivity contribution in [3.63, 3.8) is 0 Å². The van der Waals surface area contributed by atoms with E-state index in [1.165, 1.54) is 6.07 Å². The zero-order valence-corrected chi connectivity index (χ0v) is 17.2. The molecule has 0 heterocycles. The van der Waals surface area contributed by atoms with Crippen LogP contribution >= 0.6 is 0 Å². The number of aryl methyl sites for hydroxylation is 1. The van der Waals surface area contributed by atoms with Gasteiger partial charge in [-0.3, -0.25) is 4.79 Å². The van der Waals surface area contributed by atoms with E-state index in [4.69, 9.17) is 9.90 Å². The highest BCUT2D eigenvalue weighted by molar-refractivity contribution is 6.05. The Labute approximate surface area is 177 Å². The van der Waals surface area contributed by atoms with Crippen LogP contribution < -0.4 is 10.2 Å². The molecule has 0 bridgehead atoms. The number of hydrogen-bond donors (Lipinski definition) is 3. The van der Waals surface area contributed by atoms with Gasteiger partial charge in [-0.1, -0.05) is 17.7 Å². The Morgan fingerprint density at radius 2 is 1.58 bits per heavy atom. The van der Waals surface area contributed by atoms with Gasteiger partial charge in [0.2, 0.25) is 0 Å². The van der Waals surface area contributed by atoms with Gasteiger partial charge in [0, 0.05) is 24.3 Å². The van der Waals surface area contributed by atoms with Gasteiger partial charge in [0.15, 0.2) is 0 Å². The van der Waals surface area contributed by atoms with Gasteiger partial charge in [-0.25, -0.2) is 9.59 Å². The Morgan fingerprint density at radius 3 is 2.03 bits per heavy atom. The molecule has 0 unspecified atom stereocenters. The van der Waals surface area contributed by atoms with Crippen LogP contribution in [0, 0.1) is 6.92 Å². The lowest BCUT2D eigenvalue weighted by atomic mass is 10.1. The fourth-order valence-electron chi connectivity index (χ4n) is 2.61. The summed E-state index contributed by atoms with van der Waals surface area (Å²) in [5.74, 6) is -4.03. The van der Waals surface area contributed by atoms with Gasteiger partial charge in [-0.05, 0) is 51.1 Å². The first-order chi connectivity index (χ1) is 14.4. The van der Waals surface area contributed by atoms with E-state index in [-0.39, 0.29) is 11.5 Å². The molecule has 2 rings (SSSR count). The highest BCUT2D eigenvalue weighted by Crippen LogP contribution is 2.25. The molecule has 10 heteroatoms.